The first-order valence-corrected chi connectivity index (χ1v) is 9.64. The number of hydrogen-bond acceptors (Lipinski definition) is 5. The molecular formula is C22H20N2O5. The Balaban J connectivity index is 1.44. The summed E-state index contributed by atoms with van der Waals surface area (Å²) in [7, 11) is 0. The average molecular weight is 392 g/mol. The van der Waals surface area contributed by atoms with Crippen molar-refractivity contribution >= 4 is 28.5 Å². The molecule has 1 N–H and O–H groups in total. The molecule has 2 aliphatic rings. The van der Waals surface area contributed by atoms with Gasteiger partial charge in [0.05, 0.1) is 13.2 Å². The van der Waals surface area contributed by atoms with Crippen LogP contribution in [0.15, 0.2) is 52.9 Å². The fourth-order valence-electron chi connectivity index (χ4n) is 3.76. The third kappa shape index (κ3) is 3.23. The van der Waals surface area contributed by atoms with Gasteiger partial charge < -0.3 is 24.1 Å². The molecule has 0 spiro atoms. The number of nitrogens with zero attached hydrogens (tertiary/aromatic N) is 1. The molecule has 7 heteroatoms. The molecule has 148 valence electrons. The minimum atomic E-state index is -0.646. The number of carbonyl (C=O) groups is 2. The quantitative estimate of drug-likeness (QED) is 0.741. The molecule has 0 bridgehead atoms. The second-order valence-electron chi connectivity index (χ2n) is 7.11. The number of carbonyl (C=O) groups excluding carboxylic acids is 2. The fraction of sp³-hybridized carbons (Fsp3) is 0.273. The van der Waals surface area contributed by atoms with Crippen molar-refractivity contribution in [2.45, 2.75) is 12.5 Å². The minimum Gasteiger partial charge on any atom is -0.480 e. The van der Waals surface area contributed by atoms with Crippen LogP contribution in [-0.2, 0) is 16.0 Å². The van der Waals surface area contributed by atoms with Crippen molar-refractivity contribution in [1.82, 2.24) is 4.90 Å². The van der Waals surface area contributed by atoms with Gasteiger partial charge in [0.1, 0.15) is 17.0 Å². The van der Waals surface area contributed by atoms with Gasteiger partial charge in [-0.05, 0) is 23.8 Å². The summed E-state index contributed by atoms with van der Waals surface area (Å²) >= 11 is 0. The molecule has 5 rings (SSSR count). The predicted octanol–water partition coefficient (Wildman–Crippen LogP) is 2.85. The molecule has 1 atom stereocenters. The molecule has 0 aliphatic carbocycles. The van der Waals surface area contributed by atoms with Crippen LogP contribution in [0.3, 0.4) is 0 Å². The van der Waals surface area contributed by atoms with Gasteiger partial charge in [-0.25, -0.2) is 0 Å². The highest BCUT2D eigenvalue weighted by molar-refractivity contribution is 6.11. The molecular weight excluding hydrogens is 372 g/mol. The molecule has 0 unspecified atom stereocenters. The van der Waals surface area contributed by atoms with Crippen molar-refractivity contribution in [3.8, 4) is 5.75 Å². The standard InChI is InChI=1S/C22H20N2O5/c25-21(18-13-14-5-1-3-7-16(14)28-18)23-19-15-6-2-4-8-17(15)29-20(19)22(26)24-9-11-27-12-10-24/h1-8,18H,9-13H2,(H,23,25)/t18-/m0/s1. The first-order chi connectivity index (χ1) is 14.2. The summed E-state index contributed by atoms with van der Waals surface area (Å²) in [4.78, 5) is 27.7. The summed E-state index contributed by atoms with van der Waals surface area (Å²) in [6.45, 7) is 1.96. The summed E-state index contributed by atoms with van der Waals surface area (Å²) in [6.07, 6.45) is -0.155. The molecule has 0 saturated carbocycles. The number of fused-ring (bicyclic) bond motifs is 2. The smallest absolute Gasteiger partial charge is 0.291 e. The van der Waals surface area contributed by atoms with Crippen LogP contribution in [0.4, 0.5) is 5.69 Å². The number of para-hydroxylation sites is 2. The second-order valence-corrected chi connectivity index (χ2v) is 7.11. The third-order valence-electron chi connectivity index (χ3n) is 5.28. The molecule has 1 aromatic heterocycles. The molecule has 3 aromatic rings. The van der Waals surface area contributed by atoms with Crippen molar-refractivity contribution < 1.29 is 23.5 Å². The maximum atomic E-state index is 13.1. The van der Waals surface area contributed by atoms with E-state index in [0.717, 1.165) is 5.56 Å². The van der Waals surface area contributed by atoms with Gasteiger partial charge >= 0.3 is 0 Å². The Morgan fingerprint density at radius 1 is 1.00 bits per heavy atom. The summed E-state index contributed by atoms with van der Waals surface area (Å²) in [5.41, 5.74) is 1.94. The van der Waals surface area contributed by atoms with Crippen molar-refractivity contribution in [2.75, 3.05) is 31.6 Å². The third-order valence-corrected chi connectivity index (χ3v) is 5.28. The van der Waals surface area contributed by atoms with E-state index in [9.17, 15) is 9.59 Å². The van der Waals surface area contributed by atoms with Crippen LogP contribution in [0.2, 0.25) is 0 Å². The second kappa shape index (κ2) is 7.25. The lowest BCUT2D eigenvalue weighted by atomic mass is 10.1. The maximum absolute atomic E-state index is 13.1. The number of furan rings is 1. The average Bonchev–Trinajstić information content (AvgIpc) is 3.36. The zero-order chi connectivity index (χ0) is 19.8. The zero-order valence-corrected chi connectivity index (χ0v) is 15.7. The number of benzene rings is 2. The first-order valence-electron chi connectivity index (χ1n) is 9.64. The lowest BCUT2D eigenvalue weighted by Crippen LogP contribution is -2.41. The van der Waals surface area contributed by atoms with Gasteiger partial charge in [-0.2, -0.15) is 0 Å². The summed E-state index contributed by atoms with van der Waals surface area (Å²) in [5, 5.41) is 3.58. The predicted molar refractivity (Wildman–Crippen MR) is 106 cm³/mol. The monoisotopic (exact) mass is 392 g/mol. The lowest BCUT2D eigenvalue weighted by molar-refractivity contribution is -0.122. The van der Waals surface area contributed by atoms with E-state index in [1.807, 2.05) is 42.5 Å². The van der Waals surface area contributed by atoms with Gasteiger partial charge in [-0.3, -0.25) is 9.59 Å². The van der Waals surface area contributed by atoms with Crippen molar-refractivity contribution in [3.63, 3.8) is 0 Å². The van der Waals surface area contributed by atoms with E-state index in [4.69, 9.17) is 13.9 Å². The van der Waals surface area contributed by atoms with Gasteiger partial charge in [0.2, 0.25) is 5.76 Å². The summed E-state index contributed by atoms with van der Waals surface area (Å²) in [5.74, 6) is 0.297. The normalized spacial score (nSPS) is 18.3. The Morgan fingerprint density at radius 3 is 2.59 bits per heavy atom. The van der Waals surface area contributed by atoms with Crippen LogP contribution in [0.5, 0.6) is 5.75 Å². The van der Waals surface area contributed by atoms with Crippen LogP contribution < -0.4 is 10.1 Å². The number of amides is 2. The van der Waals surface area contributed by atoms with E-state index in [1.54, 1.807) is 11.0 Å². The highest BCUT2D eigenvalue weighted by atomic mass is 16.5. The van der Waals surface area contributed by atoms with E-state index < -0.39 is 6.10 Å². The van der Waals surface area contributed by atoms with Gasteiger partial charge in [-0.15, -0.1) is 0 Å². The Morgan fingerprint density at radius 2 is 1.76 bits per heavy atom. The van der Waals surface area contributed by atoms with Gasteiger partial charge in [-0.1, -0.05) is 30.3 Å². The largest absolute Gasteiger partial charge is 0.480 e. The van der Waals surface area contributed by atoms with Crippen LogP contribution in [-0.4, -0.2) is 49.1 Å². The van der Waals surface area contributed by atoms with E-state index in [1.165, 1.54) is 0 Å². The molecule has 29 heavy (non-hydrogen) atoms. The SMILES string of the molecule is O=C(Nc1c(C(=O)N2CCOCC2)oc2ccccc12)[C@@H]1Cc2ccccc2O1. The number of nitrogens with one attached hydrogen (secondary N) is 1. The molecule has 1 saturated heterocycles. The molecule has 1 fully saturated rings. The van der Waals surface area contributed by atoms with Gasteiger partial charge in [0.25, 0.3) is 11.8 Å². The van der Waals surface area contributed by atoms with Crippen LogP contribution in [0.25, 0.3) is 11.0 Å². The Bertz CT molecular complexity index is 1060. The number of rotatable bonds is 3. The lowest BCUT2D eigenvalue weighted by Gasteiger charge is -2.26. The van der Waals surface area contributed by atoms with Gasteiger partial charge in [0, 0.05) is 24.9 Å². The van der Waals surface area contributed by atoms with E-state index in [-0.39, 0.29) is 17.6 Å². The Kier molecular flexibility index (Phi) is 4.44. The Labute approximate surface area is 167 Å². The number of anilines is 1. The number of morpholine rings is 1. The molecule has 2 aromatic carbocycles. The fourth-order valence-corrected chi connectivity index (χ4v) is 3.76. The van der Waals surface area contributed by atoms with Crippen molar-refractivity contribution in [2.24, 2.45) is 0 Å². The number of ether oxygens (including phenoxy) is 2. The highest BCUT2D eigenvalue weighted by Gasteiger charge is 2.32. The van der Waals surface area contributed by atoms with E-state index in [2.05, 4.69) is 5.32 Å². The minimum absolute atomic E-state index is 0.136. The zero-order valence-electron chi connectivity index (χ0n) is 15.7. The summed E-state index contributed by atoms with van der Waals surface area (Å²) < 4.78 is 17.0. The van der Waals surface area contributed by atoms with Crippen LogP contribution in [0.1, 0.15) is 16.1 Å². The molecule has 2 aliphatic heterocycles. The molecule has 3 heterocycles. The van der Waals surface area contributed by atoms with Crippen molar-refractivity contribution in [1.29, 1.82) is 0 Å². The first kappa shape index (κ1) is 17.8. The van der Waals surface area contributed by atoms with E-state index in [0.29, 0.717) is 55.1 Å². The molecule has 7 nitrogen and oxygen atoms in total. The Hall–Kier alpha value is -3.32. The van der Waals surface area contributed by atoms with Crippen LogP contribution >= 0.6 is 0 Å². The van der Waals surface area contributed by atoms with Crippen molar-refractivity contribution in [3.05, 3.63) is 59.9 Å². The molecule has 2 amide bonds. The summed E-state index contributed by atoms with van der Waals surface area (Å²) in [6, 6.07) is 14.9. The molecule has 0 radical (unpaired) electrons. The maximum Gasteiger partial charge on any atom is 0.291 e. The topological polar surface area (TPSA) is 81.0 Å². The highest BCUT2D eigenvalue weighted by Crippen LogP contribution is 2.34. The van der Waals surface area contributed by atoms with Crippen LogP contribution in [0, 0.1) is 0 Å². The number of hydrogen-bond donors (Lipinski definition) is 1. The van der Waals surface area contributed by atoms with E-state index >= 15 is 0 Å². The van der Waals surface area contributed by atoms with Gasteiger partial charge in [0.15, 0.2) is 6.10 Å².